The normalized spacial score (nSPS) is 13.6. The molecule has 0 amide bonds. The molecule has 0 aliphatic heterocycles. The van der Waals surface area contributed by atoms with E-state index >= 15 is 0 Å². The zero-order valence-corrected chi connectivity index (χ0v) is 12.1. The number of likely N-dealkylation sites (N-methyl/N-ethyl adjacent to an activating group) is 1. The number of halogens is 4. The first-order valence-electron chi connectivity index (χ1n) is 6.41. The lowest BCUT2D eigenvalue weighted by Crippen LogP contribution is -2.25. The molecule has 1 atom stereocenters. The van der Waals surface area contributed by atoms with Crippen LogP contribution in [0.25, 0.3) is 10.8 Å². The van der Waals surface area contributed by atoms with Crippen molar-refractivity contribution in [3.8, 4) is 0 Å². The first-order chi connectivity index (χ1) is 9.92. The van der Waals surface area contributed by atoms with Gasteiger partial charge in [-0.25, -0.2) is 0 Å². The molecule has 1 unspecified atom stereocenters. The molecule has 2 rings (SSSR count). The van der Waals surface area contributed by atoms with Gasteiger partial charge in [0.2, 0.25) is 0 Å². The highest BCUT2D eigenvalue weighted by Gasteiger charge is 2.28. The number of fused-ring (bicyclic) bond motifs is 1. The van der Waals surface area contributed by atoms with Gasteiger partial charge in [0.1, 0.15) is 6.61 Å². The molecule has 21 heavy (non-hydrogen) atoms. The summed E-state index contributed by atoms with van der Waals surface area (Å²) in [6.45, 7) is -1.32. The molecule has 0 spiro atoms. The summed E-state index contributed by atoms with van der Waals surface area (Å²) in [7, 11) is 1.69. The summed E-state index contributed by atoms with van der Waals surface area (Å²) in [5, 5.41) is 5.36. The average Bonchev–Trinajstić information content (AvgIpc) is 2.44. The van der Waals surface area contributed by atoms with Gasteiger partial charge in [-0.05, 0) is 24.1 Å². The second-order valence-corrected chi connectivity index (χ2v) is 5.06. The molecule has 0 saturated carbocycles. The van der Waals surface area contributed by atoms with E-state index in [9.17, 15) is 13.2 Å². The molecule has 0 bridgehead atoms. The van der Waals surface area contributed by atoms with Gasteiger partial charge in [0.15, 0.2) is 0 Å². The molecule has 0 heterocycles. The smallest absolute Gasteiger partial charge is 0.370 e. The molecule has 0 aliphatic rings. The van der Waals surface area contributed by atoms with Gasteiger partial charge in [-0.2, -0.15) is 13.2 Å². The van der Waals surface area contributed by atoms with Crippen LogP contribution in [0.15, 0.2) is 36.4 Å². The van der Waals surface area contributed by atoms with E-state index in [0.29, 0.717) is 5.02 Å². The van der Waals surface area contributed by atoms with E-state index in [4.69, 9.17) is 16.3 Å². The van der Waals surface area contributed by atoms with Crippen LogP contribution in [-0.4, -0.2) is 26.4 Å². The van der Waals surface area contributed by atoms with Crippen LogP contribution in [0.2, 0.25) is 5.02 Å². The molecule has 0 radical (unpaired) electrons. The Balaban J connectivity index is 2.24. The van der Waals surface area contributed by atoms with Gasteiger partial charge >= 0.3 is 6.18 Å². The Morgan fingerprint density at radius 1 is 1.14 bits per heavy atom. The summed E-state index contributed by atoms with van der Waals surface area (Å²) < 4.78 is 41.2. The third-order valence-corrected chi connectivity index (χ3v) is 3.51. The van der Waals surface area contributed by atoms with Gasteiger partial charge in [-0.15, -0.1) is 0 Å². The van der Waals surface area contributed by atoms with Crippen molar-refractivity contribution in [1.29, 1.82) is 0 Å². The maximum Gasteiger partial charge on any atom is 0.411 e. The van der Waals surface area contributed by atoms with Crippen molar-refractivity contribution < 1.29 is 17.9 Å². The highest BCUT2D eigenvalue weighted by Crippen LogP contribution is 2.30. The number of hydrogen-bond acceptors (Lipinski definition) is 2. The monoisotopic (exact) mass is 317 g/mol. The molecular weight excluding hydrogens is 303 g/mol. The topological polar surface area (TPSA) is 21.3 Å². The number of ether oxygens (including phenoxy) is 1. The molecule has 2 nitrogen and oxygen atoms in total. The van der Waals surface area contributed by atoms with Crippen LogP contribution in [-0.2, 0) is 4.74 Å². The molecule has 114 valence electrons. The third-order valence-electron chi connectivity index (χ3n) is 3.18. The van der Waals surface area contributed by atoms with E-state index in [1.165, 1.54) is 0 Å². The predicted molar refractivity (Wildman–Crippen MR) is 77.6 cm³/mol. The van der Waals surface area contributed by atoms with Crippen LogP contribution in [0, 0.1) is 0 Å². The molecule has 0 fully saturated rings. The molecule has 0 aliphatic carbocycles. The van der Waals surface area contributed by atoms with E-state index in [1.54, 1.807) is 13.1 Å². The SMILES string of the molecule is CNC(COCC(F)(F)F)c1ccc(Cl)c2ccccc12. The van der Waals surface area contributed by atoms with Crippen molar-refractivity contribution in [3.63, 3.8) is 0 Å². The zero-order valence-electron chi connectivity index (χ0n) is 11.4. The Hall–Kier alpha value is -1.30. The molecular formula is C15H15ClF3NO. The minimum atomic E-state index is -4.32. The van der Waals surface area contributed by atoms with Crippen LogP contribution in [0.5, 0.6) is 0 Å². The van der Waals surface area contributed by atoms with Gasteiger partial charge in [0.25, 0.3) is 0 Å². The van der Waals surface area contributed by atoms with Crippen LogP contribution < -0.4 is 5.32 Å². The Morgan fingerprint density at radius 3 is 2.43 bits per heavy atom. The van der Waals surface area contributed by atoms with E-state index in [0.717, 1.165) is 16.3 Å². The molecule has 2 aromatic rings. The maximum atomic E-state index is 12.2. The standard InChI is InChI=1S/C15H15ClF3NO/c1-20-14(8-21-9-15(17,18)19)12-6-7-13(16)11-5-3-2-4-10(11)12/h2-7,14,20H,8-9H2,1H3. The van der Waals surface area contributed by atoms with Crippen molar-refractivity contribution in [3.05, 3.63) is 47.0 Å². The molecule has 2 aromatic carbocycles. The van der Waals surface area contributed by atoms with Crippen molar-refractivity contribution >= 4 is 22.4 Å². The van der Waals surface area contributed by atoms with Crippen LogP contribution in [0.1, 0.15) is 11.6 Å². The van der Waals surface area contributed by atoms with E-state index in [2.05, 4.69) is 5.32 Å². The number of benzene rings is 2. The average molecular weight is 318 g/mol. The number of hydrogen-bond donors (Lipinski definition) is 1. The fourth-order valence-corrected chi connectivity index (χ4v) is 2.44. The quantitative estimate of drug-likeness (QED) is 0.886. The zero-order chi connectivity index (χ0) is 15.5. The minimum Gasteiger partial charge on any atom is -0.370 e. The number of nitrogens with one attached hydrogen (secondary N) is 1. The lowest BCUT2D eigenvalue weighted by Gasteiger charge is -2.20. The van der Waals surface area contributed by atoms with Gasteiger partial charge in [0, 0.05) is 10.4 Å². The van der Waals surface area contributed by atoms with Gasteiger partial charge in [0.05, 0.1) is 12.6 Å². The number of rotatable bonds is 5. The summed E-state index contributed by atoms with van der Waals surface area (Å²) >= 11 is 6.14. The lowest BCUT2D eigenvalue weighted by atomic mass is 9.99. The molecule has 1 N–H and O–H groups in total. The van der Waals surface area contributed by atoms with Gasteiger partial charge in [-0.1, -0.05) is 41.9 Å². The van der Waals surface area contributed by atoms with Crippen molar-refractivity contribution in [2.45, 2.75) is 12.2 Å². The fourth-order valence-electron chi connectivity index (χ4n) is 2.21. The first kappa shape index (κ1) is 16.1. The van der Waals surface area contributed by atoms with E-state index in [-0.39, 0.29) is 12.6 Å². The van der Waals surface area contributed by atoms with Gasteiger partial charge in [-0.3, -0.25) is 0 Å². The fraction of sp³-hybridized carbons (Fsp3) is 0.333. The van der Waals surface area contributed by atoms with E-state index < -0.39 is 12.8 Å². The van der Waals surface area contributed by atoms with Crippen molar-refractivity contribution in [2.24, 2.45) is 0 Å². The Morgan fingerprint density at radius 2 is 1.81 bits per heavy atom. The number of alkyl halides is 3. The predicted octanol–water partition coefficient (Wildman–Crippen LogP) is 4.33. The summed E-state index contributed by atoms with van der Waals surface area (Å²) in [4.78, 5) is 0. The summed E-state index contributed by atoms with van der Waals surface area (Å²) in [5.74, 6) is 0. The molecule has 6 heteroatoms. The molecule has 0 saturated heterocycles. The minimum absolute atomic E-state index is 0.0678. The Kier molecular flexibility index (Phi) is 5.08. The van der Waals surface area contributed by atoms with Crippen LogP contribution >= 0.6 is 11.6 Å². The van der Waals surface area contributed by atoms with Crippen LogP contribution in [0.4, 0.5) is 13.2 Å². The highest BCUT2D eigenvalue weighted by molar-refractivity contribution is 6.35. The summed E-state index contributed by atoms with van der Waals surface area (Å²) in [6, 6.07) is 10.7. The Labute approximate surface area is 125 Å². The third kappa shape index (κ3) is 4.09. The Bertz CT molecular complexity index is 615. The van der Waals surface area contributed by atoms with Crippen molar-refractivity contribution in [1.82, 2.24) is 5.32 Å². The maximum absolute atomic E-state index is 12.2. The second kappa shape index (κ2) is 6.64. The lowest BCUT2D eigenvalue weighted by molar-refractivity contribution is -0.175. The molecule has 0 aromatic heterocycles. The highest BCUT2D eigenvalue weighted by atomic mass is 35.5. The summed E-state index contributed by atoms with van der Waals surface area (Å²) in [6.07, 6.45) is -4.32. The first-order valence-corrected chi connectivity index (χ1v) is 6.79. The van der Waals surface area contributed by atoms with Crippen molar-refractivity contribution in [2.75, 3.05) is 20.3 Å². The van der Waals surface area contributed by atoms with Gasteiger partial charge < -0.3 is 10.1 Å². The van der Waals surface area contributed by atoms with E-state index in [1.807, 2.05) is 30.3 Å². The summed E-state index contributed by atoms with van der Waals surface area (Å²) in [5.41, 5.74) is 0.861. The largest absolute Gasteiger partial charge is 0.411 e. The second-order valence-electron chi connectivity index (χ2n) is 4.65. The van der Waals surface area contributed by atoms with Crippen LogP contribution in [0.3, 0.4) is 0 Å².